The number of hydrogen-bond donors (Lipinski definition) is 1. The molecule has 0 fully saturated rings. The van der Waals surface area contributed by atoms with Crippen LogP contribution in [0.15, 0.2) is 18.2 Å². The van der Waals surface area contributed by atoms with Gasteiger partial charge in [-0.1, -0.05) is 19.8 Å². The van der Waals surface area contributed by atoms with Gasteiger partial charge in [-0.2, -0.15) is 0 Å². The Bertz CT molecular complexity index is 339. The van der Waals surface area contributed by atoms with E-state index in [0.717, 1.165) is 23.7 Å². The van der Waals surface area contributed by atoms with Gasteiger partial charge in [0.05, 0.1) is 18.9 Å². The Kier molecular flexibility index (Phi) is 7.07. The first-order chi connectivity index (χ1) is 8.81. The highest BCUT2D eigenvalue weighted by Gasteiger charge is 2.05. The zero-order chi connectivity index (χ0) is 13.2. The number of hydrogen-bond acceptors (Lipinski definition) is 3. The minimum Gasteiger partial charge on any atom is -0.494 e. The van der Waals surface area contributed by atoms with Gasteiger partial charge in [0, 0.05) is 12.6 Å². The van der Waals surface area contributed by atoms with E-state index >= 15 is 0 Å². The Morgan fingerprint density at radius 3 is 2.44 bits per heavy atom. The van der Waals surface area contributed by atoms with E-state index in [9.17, 15) is 0 Å². The van der Waals surface area contributed by atoms with Crippen molar-refractivity contribution in [3.05, 3.63) is 18.2 Å². The Hall–Kier alpha value is -1.38. The third-order valence-electron chi connectivity index (χ3n) is 2.66. The van der Waals surface area contributed by atoms with Gasteiger partial charge in [0.2, 0.25) is 0 Å². The molecule has 0 spiro atoms. The van der Waals surface area contributed by atoms with Gasteiger partial charge in [0.25, 0.3) is 0 Å². The molecule has 0 aliphatic heterocycles. The van der Waals surface area contributed by atoms with Crippen molar-refractivity contribution in [2.75, 3.05) is 25.1 Å². The van der Waals surface area contributed by atoms with Crippen molar-refractivity contribution in [2.24, 2.45) is 0 Å². The van der Waals surface area contributed by atoms with Crippen LogP contribution in [-0.2, 0) is 0 Å². The molecule has 3 nitrogen and oxygen atoms in total. The van der Waals surface area contributed by atoms with Gasteiger partial charge in [0.15, 0.2) is 0 Å². The average Bonchev–Trinajstić information content (AvgIpc) is 2.38. The number of benzene rings is 1. The van der Waals surface area contributed by atoms with Gasteiger partial charge < -0.3 is 14.8 Å². The summed E-state index contributed by atoms with van der Waals surface area (Å²) in [6, 6.07) is 5.93. The quantitative estimate of drug-likeness (QED) is 0.671. The second-order valence-electron chi connectivity index (χ2n) is 4.16. The molecule has 1 rings (SSSR count). The molecule has 1 aromatic rings. The second kappa shape index (κ2) is 8.67. The Morgan fingerprint density at radius 1 is 1.00 bits per heavy atom. The normalized spacial score (nSPS) is 10.2. The Balaban J connectivity index is 2.66. The summed E-state index contributed by atoms with van der Waals surface area (Å²) in [4.78, 5) is 0. The summed E-state index contributed by atoms with van der Waals surface area (Å²) in [5.41, 5.74) is 1.03. The van der Waals surface area contributed by atoms with Crippen LogP contribution in [0.4, 0.5) is 5.69 Å². The van der Waals surface area contributed by atoms with Gasteiger partial charge in [-0.3, -0.25) is 0 Å². The third kappa shape index (κ3) is 4.86. The van der Waals surface area contributed by atoms with Crippen LogP contribution in [-0.4, -0.2) is 19.8 Å². The Morgan fingerprint density at radius 2 is 1.78 bits per heavy atom. The summed E-state index contributed by atoms with van der Waals surface area (Å²) in [7, 11) is 0. The fourth-order valence-corrected chi connectivity index (χ4v) is 1.78. The van der Waals surface area contributed by atoms with Crippen molar-refractivity contribution in [3.63, 3.8) is 0 Å². The molecule has 1 N–H and O–H groups in total. The van der Waals surface area contributed by atoms with Crippen LogP contribution in [0, 0.1) is 0 Å². The van der Waals surface area contributed by atoms with E-state index in [1.54, 1.807) is 0 Å². The molecule has 0 radical (unpaired) electrons. The first-order valence-electron chi connectivity index (χ1n) is 6.95. The molecule has 0 unspecified atom stereocenters. The van der Waals surface area contributed by atoms with Gasteiger partial charge in [-0.15, -0.1) is 0 Å². The van der Waals surface area contributed by atoms with Crippen LogP contribution in [0.1, 0.15) is 40.0 Å². The zero-order valence-electron chi connectivity index (χ0n) is 11.8. The lowest BCUT2D eigenvalue weighted by Gasteiger charge is -2.14. The predicted octanol–water partition coefficient (Wildman–Crippen LogP) is 4.09. The number of anilines is 1. The first kappa shape index (κ1) is 14.7. The monoisotopic (exact) mass is 251 g/mol. The van der Waals surface area contributed by atoms with Crippen molar-refractivity contribution >= 4 is 5.69 Å². The van der Waals surface area contributed by atoms with E-state index in [4.69, 9.17) is 9.47 Å². The van der Waals surface area contributed by atoms with Crippen molar-refractivity contribution in [3.8, 4) is 11.5 Å². The fourth-order valence-electron chi connectivity index (χ4n) is 1.78. The number of ether oxygens (including phenoxy) is 2. The molecular weight excluding hydrogens is 226 g/mol. The van der Waals surface area contributed by atoms with Gasteiger partial charge in [-0.05, 0) is 32.4 Å². The highest BCUT2D eigenvalue weighted by atomic mass is 16.5. The molecule has 3 heteroatoms. The lowest BCUT2D eigenvalue weighted by Crippen LogP contribution is -2.05. The molecule has 0 atom stereocenters. The standard InChI is InChI=1S/C15H25NO2/c1-4-7-8-11-16-14-12-13(17-5-2)9-10-15(14)18-6-3/h9-10,12,16H,4-8,11H2,1-3H3. The molecule has 0 aliphatic rings. The summed E-state index contributed by atoms with van der Waals surface area (Å²) in [6.07, 6.45) is 3.67. The molecule has 0 aliphatic carbocycles. The van der Waals surface area contributed by atoms with Crippen molar-refractivity contribution in [1.82, 2.24) is 0 Å². The maximum Gasteiger partial charge on any atom is 0.142 e. The van der Waals surface area contributed by atoms with E-state index in [2.05, 4.69) is 12.2 Å². The summed E-state index contributed by atoms with van der Waals surface area (Å²) >= 11 is 0. The van der Waals surface area contributed by atoms with Crippen LogP contribution in [0.5, 0.6) is 11.5 Å². The van der Waals surface area contributed by atoms with E-state index < -0.39 is 0 Å². The SMILES string of the molecule is CCCCCNc1cc(OCC)ccc1OCC. The van der Waals surface area contributed by atoms with E-state index in [0.29, 0.717) is 13.2 Å². The minimum absolute atomic E-state index is 0.678. The fraction of sp³-hybridized carbons (Fsp3) is 0.600. The third-order valence-corrected chi connectivity index (χ3v) is 2.66. The van der Waals surface area contributed by atoms with Crippen LogP contribution < -0.4 is 14.8 Å². The molecule has 0 aromatic heterocycles. The van der Waals surface area contributed by atoms with Crippen LogP contribution in [0.3, 0.4) is 0 Å². The minimum atomic E-state index is 0.678. The smallest absolute Gasteiger partial charge is 0.142 e. The van der Waals surface area contributed by atoms with Gasteiger partial charge in [-0.25, -0.2) is 0 Å². The topological polar surface area (TPSA) is 30.5 Å². The molecule has 102 valence electrons. The van der Waals surface area contributed by atoms with Crippen LogP contribution in [0.25, 0.3) is 0 Å². The van der Waals surface area contributed by atoms with E-state index in [-0.39, 0.29) is 0 Å². The molecule has 1 aromatic carbocycles. The maximum absolute atomic E-state index is 5.61. The predicted molar refractivity (Wildman–Crippen MR) is 76.8 cm³/mol. The molecule has 0 bridgehead atoms. The highest BCUT2D eigenvalue weighted by Crippen LogP contribution is 2.29. The van der Waals surface area contributed by atoms with Crippen molar-refractivity contribution in [2.45, 2.75) is 40.0 Å². The first-order valence-corrected chi connectivity index (χ1v) is 6.95. The molecule has 18 heavy (non-hydrogen) atoms. The number of unbranched alkanes of at least 4 members (excludes halogenated alkanes) is 2. The average molecular weight is 251 g/mol. The Labute approximate surface area is 110 Å². The molecular formula is C15H25NO2. The molecule has 0 saturated carbocycles. The molecule has 0 saturated heterocycles. The van der Waals surface area contributed by atoms with Crippen LogP contribution >= 0.6 is 0 Å². The largest absolute Gasteiger partial charge is 0.494 e. The second-order valence-corrected chi connectivity index (χ2v) is 4.16. The molecule has 0 amide bonds. The van der Waals surface area contributed by atoms with Crippen LogP contribution in [0.2, 0.25) is 0 Å². The maximum atomic E-state index is 5.61. The summed E-state index contributed by atoms with van der Waals surface area (Å²) in [5.74, 6) is 1.79. The number of rotatable bonds is 9. The molecule has 0 heterocycles. The van der Waals surface area contributed by atoms with Gasteiger partial charge >= 0.3 is 0 Å². The van der Waals surface area contributed by atoms with E-state index in [1.165, 1.54) is 19.3 Å². The van der Waals surface area contributed by atoms with Gasteiger partial charge in [0.1, 0.15) is 11.5 Å². The number of nitrogens with one attached hydrogen (secondary N) is 1. The lowest BCUT2D eigenvalue weighted by molar-refractivity contribution is 0.332. The van der Waals surface area contributed by atoms with Crippen molar-refractivity contribution < 1.29 is 9.47 Å². The summed E-state index contributed by atoms with van der Waals surface area (Å²) < 4.78 is 11.1. The zero-order valence-corrected chi connectivity index (χ0v) is 11.8. The summed E-state index contributed by atoms with van der Waals surface area (Å²) in [6.45, 7) is 8.54. The lowest BCUT2D eigenvalue weighted by atomic mass is 10.2. The van der Waals surface area contributed by atoms with E-state index in [1.807, 2.05) is 32.0 Å². The highest BCUT2D eigenvalue weighted by molar-refractivity contribution is 5.59. The van der Waals surface area contributed by atoms with Crippen molar-refractivity contribution in [1.29, 1.82) is 0 Å². The summed E-state index contributed by atoms with van der Waals surface area (Å²) in [5, 5.41) is 3.43.